The number of carbonyl (C=O) groups is 1. The fourth-order valence-corrected chi connectivity index (χ4v) is 1.07. The Hall–Kier alpha value is -1.56. The fourth-order valence-electron chi connectivity index (χ4n) is 1.07. The maximum absolute atomic E-state index is 12.3. The molecule has 0 spiro atoms. The van der Waals surface area contributed by atoms with Gasteiger partial charge in [-0.05, 0) is 5.56 Å². The average Bonchev–Trinajstić information content (AvgIpc) is 2.16. The van der Waals surface area contributed by atoms with Crippen LogP contribution in [0.5, 0.6) is 0 Å². The van der Waals surface area contributed by atoms with E-state index in [1.165, 1.54) is 0 Å². The Morgan fingerprint density at radius 2 is 2.21 bits per heavy atom. The smallest absolute Gasteiger partial charge is 0.282 e. The quantitative estimate of drug-likeness (QED) is 0.711. The molecule has 0 fully saturated rings. The minimum atomic E-state index is -2.79. The van der Waals surface area contributed by atoms with E-state index in [2.05, 4.69) is 4.98 Å². The van der Waals surface area contributed by atoms with Crippen molar-refractivity contribution in [1.29, 1.82) is 0 Å². The molecule has 0 radical (unpaired) electrons. The van der Waals surface area contributed by atoms with E-state index in [0.29, 0.717) is 11.8 Å². The molecule has 0 bridgehead atoms. The Bertz CT molecular complexity index is 355. The predicted octanol–water partition coefficient (Wildman–Crippen LogP) is 0.873. The Kier molecular flexibility index (Phi) is 3.08. The average molecular weight is 201 g/mol. The summed E-state index contributed by atoms with van der Waals surface area (Å²) in [6.45, 7) is 0.0365. The number of anilines is 1. The van der Waals surface area contributed by atoms with Gasteiger partial charge in [-0.25, -0.2) is 8.78 Å². The molecular formula is C8H9F2N3O. The van der Waals surface area contributed by atoms with E-state index in [1.54, 1.807) is 0 Å². The first kappa shape index (κ1) is 10.5. The van der Waals surface area contributed by atoms with E-state index in [-0.39, 0.29) is 17.8 Å². The number of nitrogens with zero attached hydrogens (tertiary/aromatic N) is 1. The Morgan fingerprint density at radius 3 is 2.64 bits per heavy atom. The summed E-state index contributed by atoms with van der Waals surface area (Å²) >= 11 is 0. The minimum Gasteiger partial charge on any atom is -0.396 e. The van der Waals surface area contributed by atoms with Crippen molar-refractivity contribution in [2.75, 3.05) is 5.73 Å². The van der Waals surface area contributed by atoms with Crippen LogP contribution in [0.2, 0.25) is 0 Å². The van der Waals surface area contributed by atoms with Gasteiger partial charge in [0, 0.05) is 18.3 Å². The predicted molar refractivity (Wildman–Crippen MR) is 46.9 cm³/mol. The van der Waals surface area contributed by atoms with Crippen molar-refractivity contribution in [2.24, 2.45) is 5.73 Å². The molecule has 0 aliphatic rings. The highest BCUT2D eigenvalue weighted by atomic mass is 19.3. The third-order valence-electron chi connectivity index (χ3n) is 1.82. The highest BCUT2D eigenvalue weighted by molar-refractivity contribution is 5.86. The lowest BCUT2D eigenvalue weighted by atomic mass is 10.1. The molecule has 4 nitrogen and oxygen atoms in total. The molecule has 4 N–H and O–H groups in total. The summed E-state index contributed by atoms with van der Waals surface area (Å²) in [5.74, 6) is 0. The van der Waals surface area contributed by atoms with Crippen LogP contribution in [0.25, 0.3) is 0 Å². The standard InChI is InChI=1S/C8H9F2N3O/c9-8(10)7-6(12)5(3-14)4(1-11)2-13-7/h2-3,8H,1,11-12H2. The van der Waals surface area contributed by atoms with E-state index in [4.69, 9.17) is 11.5 Å². The molecule has 1 aromatic heterocycles. The normalized spacial score (nSPS) is 10.6. The molecular weight excluding hydrogens is 192 g/mol. The number of alkyl halides is 2. The van der Waals surface area contributed by atoms with Crippen molar-refractivity contribution in [3.05, 3.63) is 23.0 Å². The molecule has 0 aliphatic carbocycles. The third kappa shape index (κ3) is 1.69. The Balaban J connectivity index is 3.34. The van der Waals surface area contributed by atoms with Gasteiger partial charge in [0.25, 0.3) is 6.43 Å². The summed E-state index contributed by atoms with van der Waals surface area (Å²) in [5.41, 5.74) is 10.1. The Morgan fingerprint density at radius 1 is 1.57 bits per heavy atom. The summed E-state index contributed by atoms with van der Waals surface area (Å²) in [4.78, 5) is 14.0. The number of hydrogen-bond acceptors (Lipinski definition) is 4. The van der Waals surface area contributed by atoms with Crippen LogP contribution in [0.1, 0.15) is 28.0 Å². The summed E-state index contributed by atoms with van der Waals surface area (Å²) in [7, 11) is 0. The zero-order valence-corrected chi connectivity index (χ0v) is 7.21. The molecule has 0 aliphatic heterocycles. The van der Waals surface area contributed by atoms with E-state index in [0.717, 1.165) is 6.20 Å². The molecule has 0 saturated heterocycles. The first-order valence-corrected chi connectivity index (χ1v) is 3.82. The lowest BCUT2D eigenvalue weighted by Gasteiger charge is -2.08. The summed E-state index contributed by atoms with van der Waals surface area (Å²) in [6.07, 6.45) is -1.24. The molecule has 0 atom stereocenters. The molecule has 0 saturated carbocycles. The molecule has 0 unspecified atom stereocenters. The van der Waals surface area contributed by atoms with Gasteiger partial charge in [-0.1, -0.05) is 0 Å². The second-order valence-corrected chi connectivity index (χ2v) is 2.62. The number of rotatable bonds is 3. The SMILES string of the molecule is NCc1cnc(C(F)F)c(N)c1C=O. The van der Waals surface area contributed by atoms with Gasteiger partial charge in [0.1, 0.15) is 5.69 Å². The van der Waals surface area contributed by atoms with Gasteiger partial charge < -0.3 is 11.5 Å². The molecule has 76 valence electrons. The molecule has 6 heteroatoms. The molecule has 0 aromatic carbocycles. The van der Waals surface area contributed by atoms with Gasteiger partial charge in [0.2, 0.25) is 0 Å². The zero-order chi connectivity index (χ0) is 10.7. The molecule has 1 heterocycles. The second kappa shape index (κ2) is 4.10. The minimum absolute atomic E-state index is 0.00204. The molecule has 14 heavy (non-hydrogen) atoms. The number of aromatic nitrogens is 1. The molecule has 1 aromatic rings. The van der Waals surface area contributed by atoms with Crippen molar-refractivity contribution in [3.63, 3.8) is 0 Å². The van der Waals surface area contributed by atoms with Gasteiger partial charge in [-0.3, -0.25) is 9.78 Å². The van der Waals surface area contributed by atoms with Crippen molar-refractivity contribution < 1.29 is 13.6 Å². The van der Waals surface area contributed by atoms with Crippen molar-refractivity contribution >= 4 is 12.0 Å². The van der Waals surface area contributed by atoms with Crippen molar-refractivity contribution in [3.8, 4) is 0 Å². The largest absolute Gasteiger partial charge is 0.396 e. The van der Waals surface area contributed by atoms with Crippen LogP contribution < -0.4 is 11.5 Å². The van der Waals surface area contributed by atoms with E-state index in [1.807, 2.05) is 0 Å². The van der Waals surface area contributed by atoms with Crippen LogP contribution in [-0.2, 0) is 6.54 Å². The first-order chi connectivity index (χ1) is 6.61. The van der Waals surface area contributed by atoms with Gasteiger partial charge in [0.05, 0.1) is 5.69 Å². The summed E-state index contributed by atoms with van der Waals surface area (Å²) in [6, 6.07) is 0. The highest BCUT2D eigenvalue weighted by Crippen LogP contribution is 2.26. The number of pyridine rings is 1. The van der Waals surface area contributed by atoms with E-state index >= 15 is 0 Å². The number of hydrogen-bond donors (Lipinski definition) is 2. The van der Waals surface area contributed by atoms with Gasteiger partial charge in [0.15, 0.2) is 6.29 Å². The van der Waals surface area contributed by atoms with Crippen LogP contribution in [0.15, 0.2) is 6.20 Å². The van der Waals surface area contributed by atoms with Crippen LogP contribution >= 0.6 is 0 Å². The van der Waals surface area contributed by atoms with Crippen molar-refractivity contribution in [1.82, 2.24) is 4.98 Å². The summed E-state index contributed by atoms with van der Waals surface area (Å²) in [5, 5.41) is 0. The van der Waals surface area contributed by atoms with Gasteiger partial charge >= 0.3 is 0 Å². The van der Waals surface area contributed by atoms with E-state index in [9.17, 15) is 13.6 Å². The number of nitrogens with two attached hydrogens (primary N) is 2. The molecule has 0 amide bonds. The topological polar surface area (TPSA) is 82.0 Å². The van der Waals surface area contributed by atoms with Crippen LogP contribution in [0.4, 0.5) is 14.5 Å². The third-order valence-corrected chi connectivity index (χ3v) is 1.82. The second-order valence-electron chi connectivity index (χ2n) is 2.62. The molecule has 1 rings (SSSR count). The van der Waals surface area contributed by atoms with Crippen LogP contribution in [-0.4, -0.2) is 11.3 Å². The maximum Gasteiger partial charge on any atom is 0.282 e. The van der Waals surface area contributed by atoms with Gasteiger partial charge in [-0.15, -0.1) is 0 Å². The van der Waals surface area contributed by atoms with E-state index < -0.39 is 12.1 Å². The lowest BCUT2D eigenvalue weighted by Crippen LogP contribution is -2.09. The number of halogens is 2. The van der Waals surface area contributed by atoms with Crippen LogP contribution in [0.3, 0.4) is 0 Å². The number of nitrogen functional groups attached to an aromatic ring is 1. The fraction of sp³-hybridized carbons (Fsp3) is 0.250. The van der Waals surface area contributed by atoms with Gasteiger partial charge in [-0.2, -0.15) is 0 Å². The Labute approximate surface area is 78.9 Å². The van der Waals surface area contributed by atoms with Crippen molar-refractivity contribution in [2.45, 2.75) is 13.0 Å². The summed E-state index contributed by atoms with van der Waals surface area (Å²) < 4.78 is 24.6. The maximum atomic E-state index is 12.3. The highest BCUT2D eigenvalue weighted by Gasteiger charge is 2.17. The monoisotopic (exact) mass is 201 g/mol. The lowest BCUT2D eigenvalue weighted by molar-refractivity contribution is 0.112. The number of aldehydes is 1. The first-order valence-electron chi connectivity index (χ1n) is 3.82. The number of carbonyl (C=O) groups excluding carboxylic acids is 1. The van der Waals surface area contributed by atoms with Crippen LogP contribution in [0, 0.1) is 0 Å². The zero-order valence-electron chi connectivity index (χ0n) is 7.21.